The van der Waals surface area contributed by atoms with Crippen molar-refractivity contribution in [3.63, 3.8) is 0 Å². The van der Waals surface area contributed by atoms with E-state index < -0.39 is 5.97 Å². The number of benzene rings is 2. The molecule has 0 saturated heterocycles. The molecule has 1 aliphatic heterocycles. The second-order valence-electron chi connectivity index (χ2n) is 6.76. The Morgan fingerprint density at radius 2 is 1.77 bits per heavy atom. The van der Waals surface area contributed by atoms with E-state index in [1.807, 2.05) is 36.5 Å². The molecule has 0 fully saturated rings. The summed E-state index contributed by atoms with van der Waals surface area (Å²) in [5.41, 5.74) is 11.7. The van der Waals surface area contributed by atoms with E-state index in [0.29, 0.717) is 12.4 Å². The first-order valence-electron chi connectivity index (χ1n) is 9.41. The molecule has 0 atom stereocenters. The standard InChI is InChI=1S/C20H18N6O.C2H4O2/c1-12(27)24-15-4-2-13(3-5-15)17-9-16(8-14-10-22-11-18(14)17)25-19-6-7-23-20(21)26-19;1-2(3)4/h2-10H,11H2,1H3,(H,24,27)(H3,21,23,25,26);1H3,(H,3,4). The molecule has 158 valence electrons. The molecule has 9 nitrogen and oxygen atoms in total. The smallest absolute Gasteiger partial charge is 0.300 e. The van der Waals surface area contributed by atoms with Crippen LogP contribution in [0.3, 0.4) is 0 Å². The monoisotopic (exact) mass is 418 g/mol. The largest absolute Gasteiger partial charge is 0.481 e. The average molecular weight is 418 g/mol. The lowest BCUT2D eigenvalue weighted by atomic mass is 9.95. The third-order valence-corrected chi connectivity index (χ3v) is 4.23. The van der Waals surface area contributed by atoms with Gasteiger partial charge in [-0.3, -0.25) is 14.6 Å². The molecule has 3 aromatic rings. The van der Waals surface area contributed by atoms with Gasteiger partial charge in [0.05, 0.1) is 6.54 Å². The molecule has 0 saturated carbocycles. The Morgan fingerprint density at radius 3 is 2.42 bits per heavy atom. The van der Waals surface area contributed by atoms with Crippen LogP contribution in [0, 0.1) is 0 Å². The topological polar surface area (TPSA) is 143 Å². The Bertz CT molecular complexity index is 1140. The minimum absolute atomic E-state index is 0.0904. The number of aliphatic imine (C=N–C) groups is 1. The fourth-order valence-electron chi connectivity index (χ4n) is 3.08. The number of hydrogen-bond acceptors (Lipinski definition) is 7. The molecule has 2 heterocycles. The zero-order chi connectivity index (χ0) is 22.4. The number of amides is 1. The highest BCUT2D eigenvalue weighted by atomic mass is 16.4. The molecule has 0 unspecified atom stereocenters. The summed E-state index contributed by atoms with van der Waals surface area (Å²) in [5, 5.41) is 13.5. The van der Waals surface area contributed by atoms with Crippen LogP contribution < -0.4 is 16.4 Å². The van der Waals surface area contributed by atoms with Crippen LogP contribution in [0.15, 0.2) is 53.7 Å². The maximum Gasteiger partial charge on any atom is 0.300 e. The van der Waals surface area contributed by atoms with Crippen molar-refractivity contribution in [1.82, 2.24) is 9.97 Å². The van der Waals surface area contributed by atoms with Crippen LogP contribution in [0.1, 0.15) is 25.0 Å². The van der Waals surface area contributed by atoms with Crippen molar-refractivity contribution in [3.05, 3.63) is 59.8 Å². The summed E-state index contributed by atoms with van der Waals surface area (Å²) >= 11 is 0. The zero-order valence-corrected chi connectivity index (χ0v) is 17.1. The first-order valence-corrected chi connectivity index (χ1v) is 9.41. The second kappa shape index (κ2) is 9.49. The van der Waals surface area contributed by atoms with Crippen LogP contribution in [0.2, 0.25) is 0 Å². The van der Waals surface area contributed by atoms with E-state index in [4.69, 9.17) is 15.6 Å². The summed E-state index contributed by atoms with van der Waals surface area (Å²) in [7, 11) is 0. The molecule has 1 aromatic heterocycles. The number of hydrogen-bond donors (Lipinski definition) is 4. The van der Waals surface area contributed by atoms with Gasteiger partial charge in [0.1, 0.15) is 5.82 Å². The molecule has 0 aliphatic carbocycles. The first kappa shape index (κ1) is 21.4. The van der Waals surface area contributed by atoms with Gasteiger partial charge in [-0.2, -0.15) is 4.98 Å². The number of anilines is 4. The third-order valence-electron chi connectivity index (χ3n) is 4.23. The molecule has 1 amide bonds. The van der Waals surface area contributed by atoms with Crippen LogP contribution >= 0.6 is 0 Å². The molecule has 0 bridgehead atoms. The summed E-state index contributed by atoms with van der Waals surface area (Å²) in [6.45, 7) is 3.23. The van der Waals surface area contributed by atoms with Gasteiger partial charge in [-0.05, 0) is 47.0 Å². The van der Waals surface area contributed by atoms with Gasteiger partial charge in [0.25, 0.3) is 5.97 Å². The second-order valence-corrected chi connectivity index (χ2v) is 6.76. The lowest BCUT2D eigenvalue weighted by Crippen LogP contribution is -2.05. The number of nitrogen functional groups attached to an aromatic ring is 1. The fourth-order valence-corrected chi connectivity index (χ4v) is 3.08. The third kappa shape index (κ3) is 5.86. The van der Waals surface area contributed by atoms with Crippen molar-refractivity contribution in [3.8, 4) is 11.1 Å². The minimum atomic E-state index is -0.833. The zero-order valence-electron chi connectivity index (χ0n) is 17.1. The lowest BCUT2D eigenvalue weighted by molar-refractivity contribution is -0.134. The van der Waals surface area contributed by atoms with Crippen molar-refractivity contribution in [1.29, 1.82) is 0 Å². The van der Waals surface area contributed by atoms with Crippen molar-refractivity contribution >= 4 is 41.2 Å². The van der Waals surface area contributed by atoms with Crippen LogP contribution in [0.4, 0.5) is 23.1 Å². The Balaban J connectivity index is 0.000000628. The van der Waals surface area contributed by atoms with E-state index in [2.05, 4.69) is 31.7 Å². The van der Waals surface area contributed by atoms with E-state index in [1.165, 1.54) is 12.5 Å². The highest BCUT2D eigenvalue weighted by molar-refractivity contribution is 5.92. The SMILES string of the molecule is CC(=O)Nc1ccc(-c2cc(Nc3ccnc(N)n3)cc3c2CN=C3)cc1.CC(=O)O. The first-order chi connectivity index (χ1) is 14.8. The molecule has 0 spiro atoms. The van der Waals surface area contributed by atoms with E-state index in [-0.39, 0.29) is 11.9 Å². The van der Waals surface area contributed by atoms with E-state index in [1.54, 1.807) is 12.3 Å². The highest BCUT2D eigenvalue weighted by Gasteiger charge is 2.15. The number of nitrogens with zero attached hydrogens (tertiary/aromatic N) is 3. The molecule has 31 heavy (non-hydrogen) atoms. The van der Waals surface area contributed by atoms with Crippen molar-refractivity contribution in [2.45, 2.75) is 20.4 Å². The predicted molar refractivity (Wildman–Crippen MR) is 121 cm³/mol. The Morgan fingerprint density at radius 1 is 1.06 bits per heavy atom. The highest BCUT2D eigenvalue weighted by Crippen LogP contribution is 2.33. The Hall–Kier alpha value is -4.27. The number of fused-ring (bicyclic) bond motifs is 1. The summed E-state index contributed by atoms with van der Waals surface area (Å²) in [5.74, 6) is -0.0757. The molecule has 5 N–H and O–H groups in total. The molecule has 9 heteroatoms. The van der Waals surface area contributed by atoms with Gasteiger partial charge < -0.3 is 21.5 Å². The molecule has 4 rings (SSSR count). The van der Waals surface area contributed by atoms with Gasteiger partial charge in [-0.25, -0.2) is 4.98 Å². The van der Waals surface area contributed by atoms with Gasteiger partial charge in [0, 0.05) is 43.2 Å². The summed E-state index contributed by atoms with van der Waals surface area (Å²) in [6, 6.07) is 13.6. The lowest BCUT2D eigenvalue weighted by Gasteiger charge is -2.13. The van der Waals surface area contributed by atoms with Crippen LogP contribution in [-0.2, 0) is 16.1 Å². The average Bonchev–Trinajstić information content (AvgIpc) is 3.16. The number of aliphatic carboxylic acids is 1. The number of rotatable bonds is 4. The number of carboxylic acids is 1. The summed E-state index contributed by atoms with van der Waals surface area (Å²) < 4.78 is 0. The number of aromatic nitrogens is 2. The number of carbonyl (C=O) groups excluding carboxylic acids is 1. The maximum atomic E-state index is 11.2. The van der Waals surface area contributed by atoms with Gasteiger partial charge in [-0.15, -0.1) is 0 Å². The summed E-state index contributed by atoms with van der Waals surface area (Å²) in [6.07, 6.45) is 3.49. The molecular weight excluding hydrogens is 396 g/mol. The normalized spacial score (nSPS) is 11.2. The van der Waals surface area contributed by atoms with Crippen LogP contribution in [-0.4, -0.2) is 33.2 Å². The fraction of sp³-hybridized carbons (Fsp3) is 0.136. The van der Waals surface area contributed by atoms with Crippen molar-refractivity contribution in [2.75, 3.05) is 16.4 Å². The Kier molecular flexibility index (Phi) is 6.56. The molecule has 0 radical (unpaired) electrons. The van der Waals surface area contributed by atoms with Crippen LogP contribution in [0.5, 0.6) is 0 Å². The van der Waals surface area contributed by atoms with Crippen molar-refractivity contribution < 1.29 is 14.7 Å². The molecule has 1 aliphatic rings. The van der Waals surface area contributed by atoms with E-state index in [9.17, 15) is 4.79 Å². The number of nitrogens with one attached hydrogen (secondary N) is 2. The molecular formula is C22H22N6O3. The van der Waals surface area contributed by atoms with E-state index in [0.717, 1.165) is 35.0 Å². The number of nitrogens with two attached hydrogens (primary N) is 1. The molecule has 2 aromatic carbocycles. The number of carboxylic acid groups (broad SMARTS) is 1. The minimum Gasteiger partial charge on any atom is -0.481 e. The van der Waals surface area contributed by atoms with Crippen LogP contribution in [0.25, 0.3) is 11.1 Å². The van der Waals surface area contributed by atoms with Gasteiger partial charge in [0.2, 0.25) is 11.9 Å². The van der Waals surface area contributed by atoms with Gasteiger partial charge >= 0.3 is 0 Å². The van der Waals surface area contributed by atoms with Gasteiger partial charge in [-0.1, -0.05) is 12.1 Å². The summed E-state index contributed by atoms with van der Waals surface area (Å²) in [4.78, 5) is 32.7. The number of carbonyl (C=O) groups is 2. The van der Waals surface area contributed by atoms with Crippen molar-refractivity contribution in [2.24, 2.45) is 4.99 Å². The Labute approximate surface area is 179 Å². The van der Waals surface area contributed by atoms with E-state index >= 15 is 0 Å². The predicted octanol–water partition coefficient (Wildman–Crippen LogP) is 3.45. The maximum absolute atomic E-state index is 11.2. The quantitative estimate of drug-likeness (QED) is 0.508. The van der Waals surface area contributed by atoms with Gasteiger partial charge in [0.15, 0.2) is 0 Å².